The molecule has 0 fully saturated rings. The predicted octanol–water partition coefficient (Wildman–Crippen LogP) is 2.75. The Morgan fingerprint density at radius 3 is 2.94 bits per heavy atom. The molecule has 0 spiro atoms. The fourth-order valence-electron chi connectivity index (χ4n) is 1.78. The molecule has 0 saturated carbocycles. The number of thiophene rings is 1. The molecule has 3 nitrogen and oxygen atoms in total. The molecule has 0 radical (unpaired) electrons. The normalized spacial score (nSPS) is 12.9. The van der Waals surface area contributed by atoms with Crippen LogP contribution in [0.5, 0.6) is 0 Å². The van der Waals surface area contributed by atoms with Gasteiger partial charge in [0.05, 0.1) is 22.4 Å². The van der Waals surface area contributed by atoms with Crippen molar-refractivity contribution in [3.8, 4) is 0 Å². The van der Waals surface area contributed by atoms with Crippen molar-refractivity contribution < 1.29 is 0 Å². The lowest BCUT2D eigenvalue weighted by atomic mass is 10.1. The quantitative estimate of drug-likeness (QED) is 0.941. The first kappa shape index (κ1) is 11.8. The largest absolute Gasteiger partial charge is 0.311 e. The number of hydrogen-bond acceptors (Lipinski definition) is 3. The van der Waals surface area contributed by atoms with Crippen molar-refractivity contribution >= 4 is 27.3 Å². The summed E-state index contributed by atoms with van der Waals surface area (Å²) in [5.74, 6) is 0. The van der Waals surface area contributed by atoms with Gasteiger partial charge in [0.1, 0.15) is 0 Å². The highest BCUT2D eigenvalue weighted by Crippen LogP contribution is 2.26. The Labute approximate surface area is 108 Å². The van der Waals surface area contributed by atoms with Crippen molar-refractivity contribution in [2.45, 2.75) is 12.5 Å². The highest BCUT2D eigenvalue weighted by molar-refractivity contribution is 9.10. The Morgan fingerprint density at radius 1 is 1.62 bits per heavy atom. The molecule has 5 heteroatoms. The maximum Gasteiger partial charge on any atom is 0.0695 e. The van der Waals surface area contributed by atoms with Crippen LogP contribution in [0.2, 0.25) is 0 Å². The summed E-state index contributed by atoms with van der Waals surface area (Å²) in [5, 5.41) is 9.70. The maximum atomic E-state index is 4.25. The van der Waals surface area contributed by atoms with Crippen LogP contribution in [0.3, 0.4) is 0 Å². The van der Waals surface area contributed by atoms with Gasteiger partial charge in [0.25, 0.3) is 0 Å². The van der Waals surface area contributed by atoms with Gasteiger partial charge in [-0.1, -0.05) is 6.07 Å². The van der Waals surface area contributed by atoms with E-state index in [1.54, 1.807) is 11.3 Å². The molecule has 2 rings (SSSR count). The van der Waals surface area contributed by atoms with Crippen molar-refractivity contribution in [2.24, 2.45) is 7.05 Å². The summed E-state index contributed by atoms with van der Waals surface area (Å²) in [6.07, 6.45) is 2.83. The van der Waals surface area contributed by atoms with Crippen LogP contribution in [0, 0.1) is 0 Å². The molecular weight excluding hydrogens is 286 g/mol. The lowest BCUT2D eigenvalue weighted by molar-refractivity contribution is 0.538. The summed E-state index contributed by atoms with van der Waals surface area (Å²) in [4.78, 5) is 1.38. The molecule has 1 unspecified atom stereocenters. The third-order valence-electron chi connectivity index (χ3n) is 2.60. The van der Waals surface area contributed by atoms with Crippen LogP contribution in [0.15, 0.2) is 28.2 Å². The Balaban J connectivity index is 2.23. The molecule has 16 heavy (non-hydrogen) atoms. The number of likely N-dealkylation sites (N-methyl/N-ethyl adjacent to an activating group) is 1. The number of halogens is 1. The summed E-state index contributed by atoms with van der Waals surface area (Å²) in [7, 11) is 3.95. The Morgan fingerprint density at radius 2 is 2.44 bits per heavy atom. The molecule has 0 bridgehead atoms. The fourth-order valence-corrected chi connectivity index (χ4v) is 3.15. The summed E-state index contributed by atoms with van der Waals surface area (Å²) in [5.41, 5.74) is 1.19. The smallest absolute Gasteiger partial charge is 0.0695 e. The Hall–Kier alpha value is -0.650. The van der Waals surface area contributed by atoms with E-state index in [1.807, 2.05) is 25.0 Å². The van der Waals surface area contributed by atoms with Gasteiger partial charge in [-0.15, -0.1) is 11.3 Å². The Kier molecular flexibility index (Phi) is 3.78. The second kappa shape index (κ2) is 5.12. The minimum Gasteiger partial charge on any atom is -0.311 e. The molecule has 0 aliphatic heterocycles. The van der Waals surface area contributed by atoms with Gasteiger partial charge >= 0.3 is 0 Å². The number of nitrogens with one attached hydrogen (secondary N) is 1. The van der Waals surface area contributed by atoms with Gasteiger partial charge in [-0.3, -0.25) is 4.68 Å². The Bertz CT molecular complexity index is 430. The van der Waals surface area contributed by atoms with Gasteiger partial charge in [0.15, 0.2) is 0 Å². The zero-order valence-corrected chi connectivity index (χ0v) is 11.7. The zero-order valence-electron chi connectivity index (χ0n) is 9.27. The molecule has 2 aromatic rings. The molecule has 1 N–H and O–H groups in total. The summed E-state index contributed by atoms with van der Waals surface area (Å²) in [6.45, 7) is 0. The minimum absolute atomic E-state index is 0.292. The van der Waals surface area contributed by atoms with E-state index in [-0.39, 0.29) is 0 Å². The van der Waals surface area contributed by atoms with E-state index in [4.69, 9.17) is 0 Å². The molecule has 2 heterocycles. The third-order valence-corrected chi connectivity index (χ3v) is 4.11. The van der Waals surface area contributed by atoms with Crippen molar-refractivity contribution in [3.05, 3.63) is 38.8 Å². The first-order valence-corrected chi connectivity index (χ1v) is 6.76. The van der Waals surface area contributed by atoms with E-state index >= 15 is 0 Å². The van der Waals surface area contributed by atoms with Crippen LogP contribution in [-0.2, 0) is 13.5 Å². The zero-order chi connectivity index (χ0) is 11.5. The van der Waals surface area contributed by atoms with Crippen molar-refractivity contribution in [1.82, 2.24) is 15.1 Å². The monoisotopic (exact) mass is 299 g/mol. The van der Waals surface area contributed by atoms with Crippen LogP contribution < -0.4 is 5.32 Å². The molecule has 2 aromatic heterocycles. The highest BCUT2D eigenvalue weighted by Gasteiger charge is 2.17. The van der Waals surface area contributed by atoms with E-state index in [0.29, 0.717) is 6.04 Å². The van der Waals surface area contributed by atoms with E-state index in [2.05, 4.69) is 43.9 Å². The maximum absolute atomic E-state index is 4.25. The SMILES string of the molecule is CNC(Cc1cccs1)c1c(Br)cnn1C. The number of rotatable bonds is 4. The molecule has 0 aliphatic carbocycles. The molecule has 0 saturated heterocycles. The van der Waals surface area contributed by atoms with Crippen molar-refractivity contribution in [2.75, 3.05) is 7.05 Å². The third kappa shape index (κ3) is 2.36. The fraction of sp³-hybridized carbons (Fsp3) is 0.364. The van der Waals surface area contributed by atoms with E-state index in [9.17, 15) is 0 Å². The lowest BCUT2D eigenvalue weighted by Crippen LogP contribution is -2.21. The van der Waals surface area contributed by atoms with E-state index in [1.165, 1.54) is 10.6 Å². The predicted molar refractivity (Wildman–Crippen MR) is 70.7 cm³/mol. The highest BCUT2D eigenvalue weighted by atomic mass is 79.9. The average molecular weight is 300 g/mol. The van der Waals surface area contributed by atoms with Gasteiger partial charge in [0, 0.05) is 18.3 Å². The number of aromatic nitrogens is 2. The topological polar surface area (TPSA) is 29.9 Å². The van der Waals surface area contributed by atoms with Gasteiger partial charge in [-0.2, -0.15) is 5.10 Å². The van der Waals surface area contributed by atoms with E-state index < -0.39 is 0 Å². The van der Waals surface area contributed by atoms with Crippen LogP contribution >= 0.6 is 27.3 Å². The van der Waals surface area contributed by atoms with Crippen molar-refractivity contribution in [3.63, 3.8) is 0 Å². The first-order valence-electron chi connectivity index (χ1n) is 5.09. The van der Waals surface area contributed by atoms with Gasteiger partial charge in [-0.05, 0) is 34.4 Å². The molecule has 86 valence electrons. The van der Waals surface area contributed by atoms with Gasteiger partial charge < -0.3 is 5.32 Å². The minimum atomic E-state index is 0.292. The summed E-state index contributed by atoms with van der Waals surface area (Å²) < 4.78 is 2.98. The molecule has 0 aromatic carbocycles. The summed E-state index contributed by atoms with van der Waals surface area (Å²) >= 11 is 5.33. The van der Waals surface area contributed by atoms with Crippen LogP contribution in [0.25, 0.3) is 0 Å². The van der Waals surface area contributed by atoms with Crippen LogP contribution in [0.1, 0.15) is 16.6 Å². The molecule has 1 atom stereocenters. The number of nitrogens with zero attached hydrogens (tertiary/aromatic N) is 2. The van der Waals surface area contributed by atoms with Crippen molar-refractivity contribution in [1.29, 1.82) is 0 Å². The molecule has 0 amide bonds. The summed E-state index contributed by atoms with van der Waals surface area (Å²) in [6, 6.07) is 4.55. The van der Waals surface area contributed by atoms with E-state index in [0.717, 1.165) is 10.9 Å². The lowest BCUT2D eigenvalue weighted by Gasteiger charge is -2.16. The second-order valence-electron chi connectivity index (χ2n) is 3.63. The second-order valence-corrected chi connectivity index (χ2v) is 5.51. The van der Waals surface area contributed by atoms with Gasteiger partial charge in [0.2, 0.25) is 0 Å². The van der Waals surface area contributed by atoms with Crippen LogP contribution in [0.4, 0.5) is 0 Å². The van der Waals surface area contributed by atoms with Gasteiger partial charge in [-0.25, -0.2) is 0 Å². The average Bonchev–Trinajstić information content (AvgIpc) is 2.87. The molecule has 0 aliphatic rings. The number of hydrogen-bond donors (Lipinski definition) is 1. The number of aryl methyl sites for hydroxylation is 1. The first-order chi connectivity index (χ1) is 7.72. The van der Waals surface area contributed by atoms with Crippen LogP contribution in [-0.4, -0.2) is 16.8 Å². The standard InChI is InChI=1S/C11H14BrN3S/c1-13-10(6-8-4-3-5-16-8)11-9(12)7-14-15(11)2/h3-5,7,10,13H,6H2,1-2H3. The molecular formula is C11H14BrN3S.